The van der Waals surface area contributed by atoms with Gasteiger partial charge in [-0.2, -0.15) is 0 Å². The molecule has 0 amide bonds. The molecule has 0 spiro atoms. The molecule has 2 heterocycles. The summed E-state index contributed by atoms with van der Waals surface area (Å²) < 4.78 is 7.98. The molecule has 6 rings (SSSR count). The maximum Gasteiger partial charge on any atom is 0.271 e. The van der Waals surface area contributed by atoms with E-state index in [0.717, 1.165) is 41.0 Å². The van der Waals surface area contributed by atoms with Gasteiger partial charge in [0.15, 0.2) is 4.80 Å². The molecule has 4 nitrogen and oxygen atoms in total. The number of allylic oxidation sites excluding steroid dienone is 1. The first kappa shape index (κ1) is 21.1. The lowest BCUT2D eigenvalue weighted by Crippen LogP contribution is -2.38. The number of benzene rings is 3. The second kappa shape index (κ2) is 8.42. The highest BCUT2D eigenvalue weighted by Gasteiger charge is 2.32. The maximum absolute atomic E-state index is 13.8. The third kappa shape index (κ3) is 3.44. The standard InChI is InChI=1S/C28H21ClN2O2S/c1-33-23-9-5-3-7-19(23)16-24-27(32)31-26(18-10-13-20(29)14-11-18)22-15-12-17-6-2-4-8-21(17)25(22)30-28(31)34-24/h2-11,13-14,16,26H,12,15H2,1H3. The van der Waals surface area contributed by atoms with Crippen molar-refractivity contribution in [3.8, 4) is 5.75 Å². The van der Waals surface area contributed by atoms with E-state index in [9.17, 15) is 4.79 Å². The number of halogens is 1. The zero-order chi connectivity index (χ0) is 23.2. The Labute approximate surface area is 205 Å². The van der Waals surface area contributed by atoms with Gasteiger partial charge in [0.1, 0.15) is 5.75 Å². The number of hydrogen-bond acceptors (Lipinski definition) is 4. The van der Waals surface area contributed by atoms with Gasteiger partial charge in [0, 0.05) is 16.1 Å². The topological polar surface area (TPSA) is 43.6 Å². The van der Waals surface area contributed by atoms with Crippen molar-refractivity contribution >= 4 is 34.7 Å². The van der Waals surface area contributed by atoms with Crippen LogP contribution >= 0.6 is 22.9 Å². The van der Waals surface area contributed by atoms with E-state index in [1.165, 1.54) is 22.5 Å². The van der Waals surface area contributed by atoms with E-state index in [2.05, 4.69) is 24.3 Å². The number of aromatic nitrogens is 1. The molecular formula is C28H21ClN2O2S. The quantitative estimate of drug-likeness (QED) is 0.411. The van der Waals surface area contributed by atoms with Gasteiger partial charge in [0.2, 0.25) is 0 Å². The third-order valence-corrected chi connectivity index (χ3v) is 7.72. The Morgan fingerprint density at radius 2 is 1.79 bits per heavy atom. The Morgan fingerprint density at radius 3 is 2.62 bits per heavy atom. The van der Waals surface area contributed by atoms with Gasteiger partial charge in [-0.3, -0.25) is 9.36 Å². The van der Waals surface area contributed by atoms with Crippen molar-refractivity contribution in [3.05, 3.63) is 125 Å². The molecule has 1 aliphatic carbocycles. The first-order valence-electron chi connectivity index (χ1n) is 11.2. The molecule has 0 saturated heterocycles. The molecule has 6 heteroatoms. The number of aryl methyl sites for hydroxylation is 1. The van der Waals surface area contributed by atoms with Gasteiger partial charge >= 0.3 is 0 Å². The average Bonchev–Trinajstić information content (AvgIpc) is 3.18. The molecule has 0 bridgehead atoms. The molecule has 0 N–H and O–H groups in total. The summed E-state index contributed by atoms with van der Waals surface area (Å²) in [5, 5.41) is 0.676. The summed E-state index contributed by atoms with van der Waals surface area (Å²) >= 11 is 7.62. The Kier molecular flexibility index (Phi) is 5.24. The molecule has 1 unspecified atom stereocenters. The number of methoxy groups -OCH3 is 1. The highest BCUT2D eigenvalue weighted by Crippen LogP contribution is 2.41. The van der Waals surface area contributed by atoms with Gasteiger partial charge in [0.05, 0.1) is 23.4 Å². The number of ether oxygens (including phenoxy) is 1. The van der Waals surface area contributed by atoms with Crippen LogP contribution < -0.4 is 19.6 Å². The highest BCUT2D eigenvalue weighted by atomic mass is 35.5. The van der Waals surface area contributed by atoms with E-state index in [1.807, 2.05) is 59.2 Å². The van der Waals surface area contributed by atoms with Gasteiger partial charge < -0.3 is 4.74 Å². The van der Waals surface area contributed by atoms with Crippen LogP contribution in [0.1, 0.15) is 34.7 Å². The first-order valence-corrected chi connectivity index (χ1v) is 12.3. The van der Waals surface area contributed by atoms with Crippen molar-refractivity contribution in [2.75, 3.05) is 7.11 Å². The van der Waals surface area contributed by atoms with Gasteiger partial charge in [-0.1, -0.05) is 77.5 Å². The molecule has 1 aliphatic heterocycles. The molecule has 0 fully saturated rings. The second-order valence-corrected chi connectivity index (χ2v) is 9.85. The SMILES string of the molecule is COc1ccccc1C=c1sc2n(c1=O)C(c1ccc(Cl)cc1)C1=C(N=2)c2ccccc2CC1. The number of fused-ring (bicyclic) bond motifs is 3. The van der Waals surface area contributed by atoms with Gasteiger partial charge in [-0.05, 0) is 53.8 Å². The molecule has 0 radical (unpaired) electrons. The van der Waals surface area contributed by atoms with E-state index < -0.39 is 0 Å². The van der Waals surface area contributed by atoms with Gasteiger partial charge in [0.25, 0.3) is 5.56 Å². The molecule has 4 aromatic rings. The number of rotatable bonds is 3. The van der Waals surface area contributed by atoms with Crippen molar-refractivity contribution in [1.82, 2.24) is 4.57 Å². The van der Waals surface area contributed by atoms with E-state index in [4.69, 9.17) is 21.3 Å². The minimum atomic E-state index is -0.211. The Morgan fingerprint density at radius 1 is 1.03 bits per heavy atom. The second-order valence-electron chi connectivity index (χ2n) is 8.41. The van der Waals surface area contributed by atoms with Crippen LogP contribution in [0.3, 0.4) is 0 Å². The highest BCUT2D eigenvalue weighted by molar-refractivity contribution is 7.07. The summed E-state index contributed by atoms with van der Waals surface area (Å²) in [6.45, 7) is 0. The van der Waals surface area contributed by atoms with E-state index in [-0.39, 0.29) is 11.6 Å². The van der Waals surface area contributed by atoms with E-state index >= 15 is 0 Å². The number of thiazole rings is 1. The summed E-state index contributed by atoms with van der Waals surface area (Å²) in [6.07, 6.45) is 3.69. The van der Waals surface area contributed by atoms with Gasteiger partial charge in [-0.25, -0.2) is 4.99 Å². The molecule has 2 aliphatic rings. The fourth-order valence-electron chi connectivity index (χ4n) is 4.89. The number of hydrogen-bond donors (Lipinski definition) is 0. The Hall–Kier alpha value is -3.41. The normalized spacial score (nSPS) is 17.0. The first-order chi connectivity index (χ1) is 16.6. The van der Waals surface area contributed by atoms with Crippen LogP contribution in [0.15, 0.2) is 88.2 Å². The summed E-state index contributed by atoms with van der Waals surface area (Å²) in [5.41, 5.74) is 6.49. The van der Waals surface area contributed by atoms with Gasteiger partial charge in [-0.15, -0.1) is 0 Å². The zero-order valence-corrected chi connectivity index (χ0v) is 20.1. The van der Waals surface area contributed by atoms with Crippen molar-refractivity contribution in [3.63, 3.8) is 0 Å². The van der Waals surface area contributed by atoms with Crippen LogP contribution in [0.4, 0.5) is 0 Å². The van der Waals surface area contributed by atoms with Crippen LogP contribution in [-0.4, -0.2) is 11.7 Å². The van der Waals surface area contributed by atoms with E-state index in [1.54, 1.807) is 7.11 Å². The molecular weight excluding hydrogens is 464 g/mol. The lowest BCUT2D eigenvalue weighted by atomic mass is 9.83. The zero-order valence-electron chi connectivity index (χ0n) is 18.5. The van der Waals surface area contributed by atoms with Crippen LogP contribution in [0, 0.1) is 0 Å². The maximum atomic E-state index is 13.8. The van der Waals surface area contributed by atoms with Crippen LogP contribution in [-0.2, 0) is 6.42 Å². The Balaban J connectivity index is 1.63. The van der Waals surface area contributed by atoms with E-state index in [0.29, 0.717) is 14.4 Å². The van der Waals surface area contributed by atoms with Crippen LogP contribution in [0.2, 0.25) is 5.02 Å². The summed E-state index contributed by atoms with van der Waals surface area (Å²) in [6, 6.07) is 23.7. The van der Waals surface area contributed by atoms with Crippen molar-refractivity contribution < 1.29 is 4.74 Å². The predicted octanol–water partition coefficient (Wildman–Crippen LogP) is 4.98. The summed E-state index contributed by atoms with van der Waals surface area (Å²) in [4.78, 5) is 19.5. The third-order valence-electron chi connectivity index (χ3n) is 6.48. The molecule has 1 atom stereocenters. The average molecular weight is 485 g/mol. The molecule has 1 aromatic heterocycles. The molecule has 34 heavy (non-hydrogen) atoms. The van der Waals surface area contributed by atoms with Crippen molar-refractivity contribution in [2.24, 2.45) is 4.99 Å². The number of nitrogens with zero attached hydrogens (tertiary/aromatic N) is 2. The summed E-state index contributed by atoms with van der Waals surface area (Å²) in [5.74, 6) is 0.732. The number of para-hydroxylation sites is 1. The minimum Gasteiger partial charge on any atom is -0.496 e. The lowest BCUT2D eigenvalue weighted by molar-refractivity contribution is 0.414. The fourth-order valence-corrected chi connectivity index (χ4v) is 6.01. The molecule has 0 saturated carbocycles. The predicted molar refractivity (Wildman–Crippen MR) is 137 cm³/mol. The van der Waals surface area contributed by atoms with Crippen molar-refractivity contribution in [1.29, 1.82) is 0 Å². The molecule has 3 aromatic carbocycles. The Bertz CT molecular complexity index is 1630. The van der Waals surface area contributed by atoms with Crippen LogP contribution in [0.5, 0.6) is 5.75 Å². The molecule has 168 valence electrons. The van der Waals surface area contributed by atoms with Crippen molar-refractivity contribution in [2.45, 2.75) is 18.9 Å². The lowest BCUT2D eigenvalue weighted by Gasteiger charge is -2.30. The van der Waals surface area contributed by atoms with Crippen LogP contribution in [0.25, 0.3) is 11.8 Å². The fraction of sp³-hybridized carbons (Fsp3) is 0.143. The minimum absolute atomic E-state index is 0.0417. The monoisotopic (exact) mass is 484 g/mol. The smallest absolute Gasteiger partial charge is 0.271 e. The summed E-state index contributed by atoms with van der Waals surface area (Å²) in [7, 11) is 1.64. The largest absolute Gasteiger partial charge is 0.496 e.